The number of benzene rings is 1. The van der Waals surface area contributed by atoms with Crippen LogP contribution in [-0.4, -0.2) is 27.1 Å². The van der Waals surface area contributed by atoms with E-state index >= 15 is 0 Å². The Hall–Kier alpha value is -1.11. The van der Waals surface area contributed by atoms with Gasteiger partial charge in [-0.05, 0) is 44.0 Å². The van der Waals surface area contributed by atoms with Crippen LogP contribution >= 0.6 is 0 Å². The van der Waals surface area contributed by atoms with Crippen LogP contribution in [0.3, 0.4) is 0 Å². The van der Waals surface area contributed by atoms with Gasteiger partial charge in [-0.1, -0.05) is 19.3 Å². The first-order valence-electron chi connectivity index (χ1n) is 7.53. The van der Waals surface area contributed by atoms with Crippen molar-refractivity contribution < 1.29 is 13.2 Å². The maximum absolute atomic E-state index is 12.4. The molecule has 118 valence electrons. The van der Waals surface area contributed by atoms with Crippen LogP contribution in [0.25, 0.3) is 0 Å². The zero-order chi connectivity index (χ0) is 15.3. The number of sulfonamides is 1. The standard InChI is InChI=1S/C15H24N2O3S/c1-2-20-12-8-10-13(11-9-12)21(18,19)17-15-7-5-3-4-6-14(15)16/h8-11,14-15,17H,2-7,16H2,1H3. The molecule has 0 heterocycles. The third kappa shape index (κ3) is 4.43. The molecule has 6 heteroatoms. The molecule has 5 nitrogen and oxygen atoms in total. The molecule has 1 fully saturated rings. The van der Waals surface area contributed by atoms with E-state index < -0.39 is 10.0 Å². The SMILES string of the molecule is CCOc1ccc(S(=O)(=O)NC2CCCCCC2N)cc1. The number of hydrogen-bond donors (Lipinski definition) is 2. The van der Waals surface area contributed by atoms with Gasteiger partial charge in [0, 0.05) is 12.1 Å². The van der Waals surface area contributed by atoms with Crippen LogP contribution in [-0.2, 0) is 10.0 Å². The normalized spacial score (nSPS) is 23.5. The molecule has 1 saturated carbocycles. The van der Waals surface area contributed by atoms with Gasteiger partial charge in [-0.3, -0.25) is 0 Å². The van der Waals surface area contributed by atoms with E-state index in [0.29, 0.717) is 12.4 Å². The van der Waals surface area contributed by atoms with Gasteiger partial charge < -0.3 is 10.5 Å². The lowest BCUT2D eigenvalue weighted by Gasteiger charge is -2.22. The molecule has 0 amide bonds. The van der Waals surface area contributed by atoms with Gasteiger partial charge >= 0.3 is 0 Å². The number of nitrogens with one attached hydrogen (secondary N) is 1. The Morgan fingerprint density at radius 1 is 1.19 bits per heavy atom. The monoisotopic (exact) mass is 312 g/mol. The molecule has 0 aliphatic heterocycles. The number of hydrogen-bond acceptors (Lipinski definition) is 4. The van der Waals surface area contributed by atoms with Crippen molar-refractivity contribution in [1.82, 2.24) is 4.72 Å². The summed E-state index contributed by atoms with van der Waals surface area (Å²) in [5, 5.41) is 0. The predicted octanol–water partition coefficient (Wildman–Crippen LogP) is 2.02. The fourth-order valence-electron chi connectivity index (χ4n) is 2.63. The number of nitrogens with two attached hydrogens (primary N) is 1. The minimum Gasteiger partial charge on any atom is -0.494 e. The third-order valence-corrected chi connectivity index (χ3v) is 5.33. The average molecular weight is 312 g/mol. The van der Waals surface area contributed by atoms with E-state index in [4.69, 9.17) is 10.5 Å². The lowest BCUT2D eigenvalue weighted by molar-refractivity contribution is 0.340. The van der Waals surface area contributed by atoms with E-state index in [1.807, 2.05) is 6.92 Å². The van der Waals surface area contributed by atoms with Crippen LogP contribution in [0.15, 0.2) is 29.2 Å². The molecule has 3 N–H and O–H groups in total. The van der Waals surface area contributed by atoms with Gasteiger partial charge in [0.1, 0.15) is 5.75 Å². The topological polar surface area (TPSA) is 81.4 Å². The number of ether oxygens (including phenoxy) is 1. The van der Waals surface area contributed by atoms with Crippen LogP contribution < -0.4 is 15.2 Å². The van der Waals surface area contributed by atoms with Crippen molar-refractivity contribution in [1.29, 1.82) is 0 Å². The largest absolute Gasteiger partial charge is 0.494 e. The molecule has 0 bridgehead atoms. The van der Waals surface area contributed by atoms with Gasteiger partial charge in [0.25, 0.3) is 0 Å². The number of rotatable bonds is 5. The van der Waals surface area contributed by atoms with Crippen molar-refractivity contribution >= 4 is 10.0 Å². The fourth-order valence-corrected chi connectivity index (χ4v) is 3.95. The molecule has 1 aliphatic carbocycles. The first-order chi connectivity index (χ1) is 10.0. The second-order valence-corrected chi connectivity index (χ2v) is 7.15. The zero-order valence-electron chi connectivity index (χ0n) is 12.4. The van der Waals surface area contributed by atoms with Crippen LogP contribution in [0.1, 0.15) is 39.0 Å². The second kappa shape index (κ2) is 7.24. The summed E-state index contributed by atoms with van der Waals surface area (Å²) in [6, 6.07) is 6.19. The van der Waals surface area contributed by atoms with Gasteiger partial charge in [-0.2, -0.15) is 0 Å². The molecule has 2 atom stereocenters. The Kier molecular flexibility index (Phi) is 5.61. The molecule has 0 aromatic heterocycles. The highest BCUT2D eigenvalue weighted by molar-refractivity contribution is 7.89. The Morgan fingerprint density at radius 3 is 2.52 bits per heavy atom. The van der Waals surface area contributed by atoms with Crippen LogP contribution in [0, 0.1) is 0 Å². The van der Waals surface area contributed by atoms with Gasteiger partial charge in [0.05, 0.1) is 11.5 Å². The summed E-state index contributed by atoms with van der Waals surface area (Å²) in [5.41, 5.74) is 6.08. The van der Waals surface area contributed by atoms with E-state index in [9.17, 15) is 8.42 Å². The summed E-state index contributed by atoms with van der Waals surface area (Å²) >= 11 is 0. The quantitative estimate of drug-likeness (QED) is 0.815. The summed E-state index contributed by atoms with van der Waals surface area (Å²) in [5.74, 6) is 0.669. The molecule has 2 unspecified atom stereocenters. The average Bonchev–Trinajstić information content (AvgIpc) is 2.65. The predicted molar refractivity (Wildman–Crippen MR) is 82.8 cm³/mol. The van der Waals surface area contributed by atoms with Crippen LogP contribution in [0.5, 0.6) is 5.75 Å². The Bertz CT molecular complexity index is 543. The van der Waals surface area contributed by atoms with E-state index in [-0.39, 0.29) is 17.0 Å². The molecule has 0 radical (unpaired) electrons. The Balaban J connectivity index is 2.09. The molecule has 1 aromatic rings. The summed E-state index contributed by atoms with van der Waals surface area (Å²) in [7, 11) is -3.53. The molecule has 0 spiro atoms. The maximum Gasteiger partial charge on any atom is 0.240 e. The van der Waals surface area contributed by atoms with Crippen molar-refractivity contribution in [2.75, 3.05) is 6.61 Å². The highest BCUT2D eigenvalue weighted by Gasteiger charge is 2.26. The van der Waals surface area contributed by atoms with E-state index in [1.54, 1.807) is 24.3 Å². The molecule has 21 heavy (non-hydrogen) atoms. The molecular weight excluding hydrogens is 288 g/mol. The van der Waals surface area contributed by atoms with E-state index in [0.717, 1.165) is 32.1 Å². The van der Waals surface area contributed by atoms with E-state index in [2.05, 4.69) is 4.72 Å². The molecular formula is C15H24N2O3S. The van der Waals surface area contributed by atoms with Gasteiger partial charge in [-0.15, -0.1) is 0 Å². The molecule has 2 rings (SSSR count). The van der Waals surface area contributed by atoms with Crippen LogP contribution in [0.4, 0.5) is 0 Å². The smallest absolute Gasteiger partial charge is 0.240 e. The van der Waals surface area contributed by atoms with Crippen molar-refractivity contribution in [2.24, 2.45) is 5.73 Å². The molecule has 1 aromatic carbocycles. The Morgan fingerprint density at radius 2 is 1.86 bits per heavy atom. The summed E-state index contributed by atoms with van der Waals surface area (Å²) in [4.78, 5) is 0.252. The van der Waals surface area contributed by atoms with Crippen molar-refractivity contribution in [3.63, 3.8) is 0 Å². The first-order valence-corrected chi connectivity index (χ1v) is 9.02. The van der Waals surface area contributed by atoms with Gasteiger partial charge in [0.15, 0.2) is 0 Å². The van der Waals surface area contributed by atoms with Gasteiger partial charge in [-0.25, -0.2) is 13.1 Å². The fraction of sp³-hybridized carbons (Fsp3) is 0.600. The van der Waals surface area contributed by atoms with Crippen molar-refractivity contribution in [3.05, 3.63) is 24.3 Å². The summed E-state index contributed by atoms with van der Waals surface area (Å²) in [6.07, 6.45) is 4.88. The molecule has 1 aliphatic rings. The van der Waals surface area contributed by atoms with Crippen molar-refractivity contribution in [2.45, 2.75) is 56.0 Å². The highest BCUT2D eigenvalue weighted by Crippen LogP contribution is 2.20. The highest BCUT2D eigenvalue weighted by atomic mass is 32.2. The second-order valence-electron chi connectivity index (χ2n) is 5.43. The minimum atomic E-state index is -3.53. The lowest BCUT2D eigenvalue weighted by Crippen LogP contribution is -2.46. The maximum atomic E-state index is 12.4. The minimum absolute atomic E-state index is 0.107. The summed E-state index contributed by atoms with van der Waals surface area (Å²) < 4.78 is 32.9. The third-order valence-electron chi connectivity index (χ3n) is 3.82. The lowest BCUT2D eigenvalue weighted by atomic mass is 10.1. The van der Waals surface area contributed by atoms with Crippen LogP contribution in [0.2, 0.25) is 0 Å². The first kappa shape index (κ1) is 16.3. The zero-order valence-corrected chi connectivity index (χ0v) is 13.2. The van der Waals surface area contributed by atoms with Gasteiger partial charge in [0.2, 0.25) is 10.0 Å². The van der Waals surface area contributed by atoms with Crippen molar-refractivity contribution in [3.8, 4) is 5.75 Å². The Labute approximate surface area is 126 Å². The van der Waals surface area contributed by atoms with E-state index in [1.165, 1.54) is 0 Å². The summed E-state index contributed by atoms with van der Waals surface area (Å²) in [6.45, 7) is 2.45. The molecule has 0 saturated heterocycles.